The molecule has 3 heteroatoms. The molecular formula is C15H16O3. The zero-order valence-corrected chi connectivity index (χ0v) is 10.0. The number of ketones is 1. The van der Waals surface area contributed by atoms with Crippen LogP contribution in [0.25, 0.3) is 5.57 Å². The number of benzene rings is 1. The van der Waals surface area contributed by atoms with Gasteiger partial charge in [-0.2, -0.15) is 0 Å². The average molecular weight is 244 g/mol. The quantitative estimate of drug-likeness (QED) is 0.788. The second-order valence-electron chi connectivity index (χ2n) is 5.10. The summed E-state index contributed by atoms with van der Waals surface area (Å²) in [5, 5.41) is 19.7. The molecule has 0 unspecified atom stereocenters. The minimum atomic E-state index is -0.793. The van der Waals surface area contributed by atoms with Crippen LogP contribution in [0.15, 0.2) is 35.9 Å². The number of carbonyl (C=O) groups is 1. The zero-order chi connectivity index (χ0) is 12.7. The summed E-state index contributed by atoms with van der Waals surface area (Å²) in [4.78, 5) is 12.1. The molecule has 0 aliphatic heterocycles. The van der Waals surface area contributed by atoms with Crippen LogP contribution in [0.2, 0.25) is 0 Å². The van der Waals surface area contributed by atoms with Gasteiger partial charge in [0.25, 0.3) is 0 Å². The van der Waals surface area contributed by atoms with Crippen LogP contribution in [0.4, 0.5) is 0 Å². The molecule has 94 valence electrons. The number of aliphatic hydroxyl groups excluding tert-OH is 2. The number of rotatable bonds is 1. The number of hydrogen-bond acceptors (Lipinski definition) is 3. The van der Waals surface area contributed by atoms with Gasteiger partial charge in [0.05, 0.1) is 12.2 Å². The maximum Gasteiger partial charge on any atom is 0.164 e. The van der Waals surface area contributed by atoms with Crippen LogP contribution in [0.3, 0.4) is 0 Å². The zero-order valence-electron chi connectivity index (χ0n) is 10.0. The number of Topliss-reactive ketones (excluding diaryl/α,β-unsaturated/α-hetero) is 1. The molecule has 0 amide bonds. The SMILES string of the molecule is O=C1C[C@H]2C(=C1c1ccccc1)CC[C@H](O)[C@H]2O. The van der Waals surface area contributed by atoms with Crippen molar-refractivity contribution in [3.05, 3.63) is 41.5 Å². The van der Waals surface area contributed by atoms with E-state index in [0.29, 0.717) is 19.3 Å². The van der Waals surface area contributed by atoms with E-state index >= 15 is 0 Å². The van der Waals surface area contributed by atoms with Gasteiger partial charge in [-0.3, -0.25) is 4.79 Å². The Balaban J connectivity index is 2.05. The minimum Gasteiger partial charge on any atom is -0.390 e. The molecule has 0 saturated heterocycles. The highest BCUT2D eigenvalue weighted by molar-refractivity contribution is 6.24. The molecule has 18 heavy (non-hydrogen) atoms. The average Bonchev–Trinajstić information content (AvgIpc) is 2.72. The number of allylic oxidation sites excluding steroid dienone is 1. The second kappa shape index (κ2) is 4.34. The summed E-state index contributed by atoms with van der Waals surface area (Å²) in [6.07, 6.45) is 0.0911. The summed E-state index contributed by atoms with van der Waals surface area (Å²) in [7, 11) is 0. The first-order valence-electron chi connectivity index (χ1n) is 6.36. The van der Waals surface area contributed by atoms with Crippen LogP contribution in [-0.2, 0) is 4.79 Å². The third-order valence-electron chi connectivity index (χ3n) is 4.03. The lowest BCUT2D eigenvalue weighted by molar-refractivity contribution is -0.115. The first-order chi connectivity index (χ1) is 8.68. The normalized spacial score (nSPS) is 31.7. The van der Waals surface area contributed by atoms with Crippen LogP contribution in [-0.4, -0.2) is 28.2 Å². The maximum absolute atomic E-state index is 12.1. The van der Waals surface area contributed by atoms with Gasteiger partial charge in [-0.05, 0) is 18.4 Å². The van der Waals surface area contributed by atoms with Crippen molar-refractivity contribution in [2.45, 2.75) is 31.5 Å². The first-order valence-corrected chi connectivity index (χ1v) is 6.36. The Morgan fingerprint density at radius 3 is 2.56 bits per heavy atom. The summed E-state index contributed by atoms with van der Waals surface area (Å²) in [6.45, 7) is 0. The van der Waals surface area contributed by atoms with E-state index in [1.54, 1.807) is 0 Å². The Labute approximate surface area is 106 Å². The number of hydrogen-bond donors (Lipinski definition) is 2. The Morgan fingerprint density at radius 1 is 1.11 bits per heavy atom. The van der Waals surface area contributed by atoms with Crippen LogP contribution >= 0.6 is 0 Å². The van der Waals surface area contributed by atoms with E-state index in [2.05, 4.69) is 0 Å². The van der Waals surface area contributed by atoms with E-state index in [1.165, 1.54) is 0 Å². The molecule has 1 aromatic rings. The third-order valence-corrected chi connectivity index (χ3v) is 4.03. The molecule has 0 radical (unpaired) electrons. The summed E-state index contributed by atoms with van der Waals surface area (Å²) in [6, 6.07) is 9.61. The molecule has 0 aromatic heterocycles. The molecule has 2 N–H and O–H groups in total. The summed E-state index contributed by atoms with van der Waals surface area (Å²) >= 11 is 0. The molecule has 1 saturated carbocycles. The predicted octanol–water partition coefficient (Wildman–Crippen LogP) is 1.54. The standard InChI is InChI=1S/C15H16O3/c16-12-7-6-10-11(15(12)18)8-13(17)14(10)9-4-2-1-3-5-9/h1-5,11-12,15-16,18H,6-8H2/t11-,12-,15-/m0/s1. The number of aliphatic hydroxyl groups is 2. The molecule has 2 aliphatic rings. The molecule has 2 aliphatic carbocycles. The second-order valence-corrected chi connectivity index (χ2v) is 5.10. The Hall–Kier alpha value is -1.45. The van der Waals surface area contributed by atoms with Crippen molar-refractivity contribution in [1.29, 1.82) is 0 Å². The first kappa shape index (κ1) is 11.6. The fourth-order valence-corrected chi connectivity index (χ4v) is 3.12. The maximum atomic E-state index is 12.1. The van der Waals surface area contributed by atoms with Crippen molar-refractivity contribution in [1.82, 2.24) is 0 Å². The van der Waals surface area contributed by atoms with E-state index in [9.17, 15) is 15.0 Å². The van der Waals surface area contributed by atoms with Gasteiger partial charge >= 0.3 is 0 Å². The fourth-order valence-electron chi connectivity index (χ4n) is 3.12. The van der Waals surface area contributed by atoms with Crippen LogP contribution in [0.5, 0.6) is 0 Å². The number of carbonyl (C=O) groups excluding carboxylic acids is 1. The van der Waals surface area contributed by atoms with Gasteiger partial charge in [0.15, 0.2) is 5.78 Å². The summed E-state index contributed by atoms with van der Waals surface area (Å²) < 4.78 is 0. The Morgan fingerprint density at radius 2 is 1.83 bits per heavy atom. The lowest BCUT2D eigenvalue weighted by Gasteiger charge is -2.31. The van der Waals surface area contributed by atoms with Gasteiger partial charge in [-0.1, -0.05) is 35.9 Å². The largest absolute Gasteiger partial charge is 0.390 e. The molecule has 3 rings (SSSR count). The van der Waals surface area contributed by atoms with E-state index < -0.39 is 12.2 Å². The van der Waals surface area contributed by atoms with Crippen LogP contribution in [0.1, 0.15) is 24.8 Å². The highest BCUT2D eigenvalue weighted by Crippen LogP contribution is 2.43. The van der Waals surface area contributed by atoms with Crippen molar-refractivity contribution in [2.24, 2.45) is 5.92 Å². The lowest BCUT2D eigenvalue weighted by atomic mass is 9.80. The van der Waals surface area contributed by atoms with E-state index in [0.717, 1.165) is 16.7 Å². The fraction of sp³-hybridized carbons (Fsp3) is 0.400. The van der Waals surface area contributed by atoms with Gasteiger partial charge < -0.3 is 10.2 Å². The Kier molecular flexibility index (Phi) is 2.80. The van der Waals surface area contributed by atoms with E-state index in [4.69, 9.17) is 0 Å². The highest BCUT2D eigenvalue weighted by Gasteiger charge is 2.42. The monoisotopic (exact) mass is 244 g/mol. The van der Waals surface area contributed by atoms with Crippen molar-refractivity contribution in [3.63, 3.8) is 0 Å². The molecule has 1 fully saturated rings. The molecule has 0 heterocycles. The van der Waals surface area contributed by atoms with E-state index in [-0.39, 0.29) is 11.7 Å². The summed E-state index contributed by atoms with van der Waals surface area (Å²) in [5.74, 6) is -0.0918. The third kappa shape index (κ3) is 1.71. The van der Waals surface area contributed by atoms with Gasteiger partial charge in [-0.25, -0.2) is 0 Å². The predicted molar refractivity (Wildman–Crippen MR) is 67.7 cm³/mol. The topological polar surface area (TPSA) is 57.5 Å². The number of fused-ring (bicyclic) bond motifs is 1. The van der Waals surface area contributed by atoms with Crippen molar-refractivity contribution in [3.8, 4) is 0 Å². The van der Waals surface area contributed by atoms with Crippen molar-refractivity contribution in [2.75, 3.05) is 0 Å². The lowest BCUT2D eigenvalue weighted by Crippen LogP contribution is -2.37. The molecule has 3 atom stereocenters. The molecule has 0 spiro atoms. The molecule has 1 aromatic carbocycles. The van der Waals surface area contributed by atoms with Gasteiger partial charge in [0, 0.05) is 17.9 Å². The van der Waals surface area contributed by atoms with Gasteiger partial charge in [-0.15, -0.1) is 0 Å². The minimum absolute atomic E-state index is 0.0920. The van der Waals surface area contributed by atoms with Gasteiger partial charge in [0.1, 0.15) is 0 Å². The van der Waals surface area contributed by atoms with E-state index in [1.807, 2.05) is 30.3 Å². The molecule has 0 bridgehead atoms. The smallest absolute Gasteiger partial charge is 0.164 e. The van der Waals surface area contributed by atoms with Crippen molar-refractivity contribution >= 4 is 11.4 Å². The van der Waals surface area contributed by atoms with Crippen molar-refractivity contribution < 1.29 is 15.0 Å². The highest BCUT2D eigenvalue weighted by atomic mass is 16.3. The van der Waals surface area contributed by atoms with Crippen LogP contribution in [0, 0.1) is 5.92 Å². The Bertz CT molecular complexity index is 504. The van der Waals surface area contributed by atoms with Crippen LogP contribution < -0.4 is 0 Å². The molecule has 3 nitrogen and oxygen atoms in total. The summed E-state index contributed by atoms with van der Waals surface area (Å²) in [5.41, 5.74) is 2.74. The molecular weight excluding hydrogens is 228 g/mol. The van der Waals surface area contributed by atoms with Gasteiger partial charge in [0.2, 0.25) is 0 Å².